The van der Waals surface area contributed by atoms with Crippen LogP contribution >= 0.6 is 0 Å². The van der Waals surface area contributed by atoms with Crippen LogP contribution in [-0.2, 0) is 9.53 Å². The molecule has 96 valence electrons. The Bertz CT molecular complexity index is 276. The second-order valence-electron chi connectivity index (χ2n) is 4.60. The number of hydrogen-bond acceptors (Lipinski definition) is 3. The van der Waals surface area contributed by atoms with Gasteiger partial charge in [0.25, 0.3) is 0 Å². The molecule has 1 fully saturated rings. The number of nitrogens with one attached hydrogen (secondary N) is 1. The number of nitrogens with zero attached hydrogens (tertiary/aromatic N) is 1. The fraction of sp³-hybridized carbons (Fsp3) is 0.846. The van der Waals surface area contributed by atoms with Gasteiger partial charge in [0.2, 0.25) is 5.91 Å². The van der Waals surface area contributed by atoms with Crippen LogP contribution in [0, 0.1) is 11.3 Å². The number of carbonyl (C=O) groups is 1. The topological polar surface area (TPSA) is 62.1 Å². The summed E-state index contributed by atoms with van der Waals surface area (Å²) in [5.74, 6) is -0.0677. The Morgan fingerprint density at radius 2 is 2.00 bits per heavy atom. The van der Waals surface area contributed by atoms with E-state index in [9.17, 15) is 10.1 Å². The maximum atomic E-state index is 11.7. The van der Waals surface area contributed by atoms with Gasteiger partial charge in [0.15, 0.2) is 0 Å². The van der Waals surface area contributed by atoms with Crippen LogP contribution in [0.3, 0.4) is 0 Å². The third kappa shape index (κ3) is 4.74. The lowest BCUT2D eigenvalue weighted by molar-refractivity contribution is -0.123. The zero-order valence-corrected chi connectivity index (χ0v) is 10.6. The van der Waals surface area contributed by atoms with E-state index >= 15 is 0 Å². The number of hydrogen-bond donors (Lipinski definition) is 1. The van der Waals surface area contributed by atoms with Gasteiger partial charge in [0.1, 0.15) is 5.54 Å². The van der Waals surface area contributed by atoms with Gasteiger partial charge in [-0.25, -0.2) is 0 Å². The van der Waals surface area contributed by atoms with E-state index < -0.39 is 5.54 Å². The molecule has 0 radical (unpaired) electrons. The molecule has 0 aromatic carbocycles. The second-order valence-corrected chi connectivity index (χ2v) is 4.60. The van der Waals surface area contributed by atoms with Crippen LogP contribution in [0.4, 0.5) is 0 Å². The summed E-state index contributed by atoms with van der Waals surface area (Å²) in [6, 6.07) is 2.31. The summed E-state index contributed by atoms with van der Waals surface area (Å²) < 4.78 is 5.14. The molecule has 0 saturated heterocycles. The van der Waals surface area contributed by atoms with Crippen LogP contribution < -0.4 is 5.32 Å². The Balaban J connectivity index is 2.44. The van der Waals surface area contributed by atoms with Gasteiger partial charge in [-0.3, -0.25) is 4.79 Å². The molecular weight excluding hydrogens is 216 g/mol. The van der Waals surface area contributed by atoms with E-state index in [1.807, 2.05) is 6.92 Å². The highest BCUT2D eigenvalue weighted by atomic mass is 16.5. The molecule has 4 nitrogen and oxygen atoms in total. The largest absolute Gasteiger partial charge is 0.381 e. The average molecular weight is 238 g/mol. The van der Waals surface area contributed by atoms with Gasteiger partial charge in [-0.05, 0) is 19.8 Å². The zero-order chi connectivity index (χ0) is 12.6. The van der Waals surface area contributed by atoms with Crippen molar-refractivity contribution in [2.24, 2.45) is 0 Å². The summed E-state index contributed by atoms with van der Waals surface area (Å²) in [6.07, 6.45) is 6.29. The van der Waals surface area contributed by atoms with Crippen molar-refractivity contribution in [1.29, 1.82) is 5.26 Å². The molecule has 1 aliphatic carbocycles. The maximum absolute atomic E-state index is 11.7. The number of amides is 1. The number of nitriles is 1. The van der Waals surface area contributed by atoms with Crippen molar-refractivity contribution in [2.45, 2.75) is 57.4 Å². The van der Waals surface area contributed by atoms with E-state index in [0.29, 0.717) is 19.6 Å². The highest BCUT2D eigenvalue weighted by Crippen LogP contribution is 2.26. The number of rotatable bonds is 5. The van der Waals surface area contributed by atoms with E-state index in [2.05, 4.69) is 11.4 Å². The van der Waals surface area contributed by atoms with Gasteiger partial charge in [-0.2, -0.15) is 5.26 Å². The first kappa shape index (κ1) is 14.0. The van der Waals surface area contributed by atoms with Crippen molar-refractivity contribution < 1.29 is 9.53 Å². The van der Waals surface area contributed by atoms with Gasteiger partial charge < -0.3 is 10.1 Å². The maximum Gasteiger partial charge on any atom is 0.223 e. The summed E-state index contributed by atoms with van der Waals surface area (Å²) in [7, 11) is 0. The Morgan fingerprint density at radius 1 is 1.35 bits per heavy atom. The molecule has 1 aliphatic rings. The third-order valence-corrected chi connectivity index (χ3v) is 3.23. The van der Waals surface area contributed by atoms with E-state index in [1.54, 1.807) is 0 Å². The summed E-state index contributed by atoms with van der Waals surface area (Å²) in [5, 5.41) is 12.2. The fourth-order valence-corrected chi connectivity index (χ4v) is 2.24. The van der Waals surface area contributed by atoms with E-state index in [4.69, 9.17) is 4.74 Å². The molecule has 0 spiro atoms. The van der Waals surface area contributed by atoms with Gasteiger partial charge in [0, 0.05) is 6.61 Å². The first-order chi connectivity index (χ1) is 8.22. The van der Waals surface area contributed by atoms with Crippen molar-refractivity contribution in [3.8, 4) is 6.07 Å². The molecule has 17 heavy (non-hydrogen) atoms. The molecule has 0 atom stereocenters. The average Bonchev–Trinajstić information content (AvgIpc) is 2.56. The molecule has 0 unspecified atom stereocenters. The van der Waals surface area contributed by atoms with Crippen LogP contribution in [0.25, 0.3) is 0 Å². The molecule has 1 rings (SSSR count). The highest BCUT2D eigenvalue weighted by molar-refractivity contribution is 5.77. The number of ether oxygens (including phenoxy) is 1. The van der Waals surface area contributed by atoms with Crippen molar-refractivity contribution in [1.82, 2.24) is 5.32 Å². The Labute approximate surface area is 103 Å². The van der Waals surface area contributed by atoms with Crippen LogP contribution in [0.1, 0.15) is 51.9 Å². The highest BCUT2D eigenvalue weighted by Gasteiger charge is 2.32. The normalized spacial score (nSPS) is 19.1. The Hall–Kier alpha value is -1.08. The molecule has 1 saturated carbocycles. The van der Waals surface area contributed by atoms with Crippen LogP contribution in [0.5, 0.6) is 0 Å². The van der Waals surface area contributed by atoms with Gasteiger partial charge >= 0.3 is 0 Å². The molecule has 0 aromatic heterocycles. The lowest BCUT2D eigenvalue weighted by atomic mass is 9.92. The minimum atomic E-state index is -0.625. The SMILES string of the molecule is CCOCCC(=O)NC1(C#N)CCCCCC1. The standard InChI is InChI=1S/C13H22N2O2/c1-2-17-10-7-12(16)15-13(11-14)8-5-3-4-6-9-13/h2-10H2,1H3,(H,15,16). The lowest BCUT2D eigenvalue weighted by Gasteiger charge is -2.26. The van der Waals surface area contributed by atoms with Crippen LogP contribution in [0.15, 0.2) is 0 Å². The molecule has 1 amide bonds. The van der Waals surface area contributed by atoms with Gasteiger partial charge in [0.05, 0.1) is 19.1 Å². The Morgan fingerprint density at radius 3 is 2.53 bits per heavy atom. The molecule has 0 bridgehead atoms. The van der Waals surface area contributed by atoms with Crippen LogP contribution in [0.2, 0.25) is 0 Å². The third-order valence-electron chi connectivity index (χ3n) is 3.23. The molecule has 4 heteroatoms. The quantitative estimate of drug-likeness (QED) is 0.589. The van der Waals surface area contributed by atoms with Crippen molar-refractivity contribution in [2.75, 3.05) is 13.2 Å². The fourth-order valence-electron chi connectivity index (χ4n) is 2.24. The summed E-state index contributed by atoms with van der Waals surface area (Å²) in [6.45, 7) is 2.96. The predicted octanol–water partition coefficient (Wildman–Crippen LogP) is 2.15. The molecule has 0 heterocycles. The van der Waals surface area contributed by atoms with Crippen LogP contribution in [-0.4, -0.2) is 24.7 Å². The second kappa shape index (κ2) is 7.29. The number of carbonyl (C=O) groups excluding carboxylic acids is 1. The predicted molar refractivity (Wildman–Crippen MR) is 65.3 cm³/mol. The molecular formula is C13H22N2O2. The van der Waals surface area contributed by atoms with Crippen molar-refractivity contribution >= 4 is 5.91 Å². The van der Waals surface area contributed by atoms with E-state index in [-0.39, 0.29) is 5.91 Å². The van der Waals surface area contributed by atoms with Crippen molar-refractivity contribution in [3.05, 3.63) is 0 Å². The van der Waals surface area contributed by atoms with E-state index in [1.165, 1.54) is 0 Å². The summed E-state index contributed by atoms with van der Waals surface area (Å²) in [4.78, 5) is 11.7. The summed E-state index contributed by atoms with van der Waals surface area (Å²) in [5.41, 5.74) is -0.625. The minimum Gasteiger partial charge on any atom is -0.381 e. The first-order valence-corrected chi connectivity index (χ1v) is 6.52. The molecule has 1 N–H and O–H groups in total. The lowest BCUT2D eigenvalue weighted by Crippen LogP contribution is -2.47. The zero-order valence-electron chi connectivity index (χ0n) is 10.6. The van der Waals surface area contributed by atoms with E-state index in [0.717, 1.165) is 38.5 Å². The van der Waals surface area contributed by atoms with Gasteiger partial charge in [-0.1, -0.05) is 25.7 Å². The van der Waals surface area contributed by atoms with Gasteiger partial charge in [-0.15, -0.1) is 0 Å². The summed E-state index contributed by atoms with van der Waals surface area (Å²) >= 11 is 0. The minimum absolute atomic E-state index is 0.0677. The first-order valence-electron chi connectivity index (χ1n) is 6.52. The molecule has 0 aliphatic heterocycles. The smallest absolute Gasteiger partial charge is 0.223 e. The monoisotopic (exact) mass is 238 g/mol. The van der Waals surface area contributed by atoms with Crippen molar-refractivity contribution in [3.63, 3.8) is 0 Å². The molecule has 0 aromatic rings. The Kier molecular flexibility index (Phi) is 5.99.